The Bertz CT molecular complexity index is 557. The first kappa shape index (κ1) is 13.4. The number of hydrogen-bond acceptors (Lipinski definition) is 1. The van der Waals surface area contributed by atoms with Crippen molar-refractivity contribution >= 4 is 11.6 Å². The number of benzene rings is 1. The SMILES string of the molecule is CCN(C(=O)Cc1cc(C)[nH]c1C)c1ccccc1. The fourth-order valence-electron chi connectivity index (χ4n) is 2.33. The second-order valence-corrected chi connectivity index (χ2v) is 4.75. The van der Waals surface area contributed by atoms with E-state index in [1.54, 1.807) is 0 Å². The average Bonchev–Trinajstić information content (AvgIpc) is 2.70. The minimum atomic E-state index is 0.135. The van der Waals surface area contributed by atoms with Gasteiger partial charge in [-0.05, 0) is 44.5 Å². The van der Waals surface area contributed by atoms with Crippen LogP contribution in [0.25, 0.3) is 0 Å². The van der Waals surface area contributed by atoms with Crippen LogP contribution in [0.15, 0.2) is 36.4 Å². The number of rotatable bonds is 4. The molecule has 100 valence electrons. The number of nitrogens with zero attached hydrogens (tertiary/aromatic N) is 1. The van der Waals surface area contributed by atoms with E-state index in [9.17, 15) is 4.79 Å². The molecule has 0 unspecified atom stereocenters. The number of nitrogens with one attached hydrogen (secondary N) is 1. The lowest BCUT2D eigenvalue weighted by atomic mass is 10.1. The Morgan fingerprint density at radius 1 is 1.21 bits per heavy atom. The second kappa shape index (κ2) is 5.74. The molecule has 1 heterocycles. The number of para-hydroxylation sites is 1. The highest BCUT2D eigenvalue weighted by molar-refractivity contribution is 5.94. The summed E-state index contributed by atoms with van der Waals surface area (Å²) in [7, 11) is 0. The van der Waals surface area contributed by atoms with Crippen molar-refractivity contribution in [3.8, 4) is 0 Å². The molecule has 0 atom stereocenters. The first-order chi connectivity index (χ1) is 9.11. The maximum absolute atomic E-state index is 12.4. The van der Waals surface area contributed by atoms with E-state index in [1.807, 2.05) is 62.1 Å². The van der Waals surface area contributed by atoms with E-state index in [0.29, 0.717) is 13.0 Å². The summed E-state index contributed by atoms with van der Waals surface area (Å²) < 4.78 is 0. The van der Waals surface area contributed by atoms with E-state index >= 15 is 0 Å². The van der Waals surface area contributed by atoms with Gasteiger partial charge in [0.2, 0.25) is 5.91 Å². The van der Waals surface area contributed by atoms with Crippen LogP contribution in [0.1, 0.15) is 23.9 Å². The summed E-state index contributed by atoms with van der Waals surface area (Å²) in [5.41, 5.74) is 4.22. The van der Waals surface area contributed by atoms with Gasteiger partial charge in [0.15, 0.2) is 0 Å². The normalized spacial score (nSPS) is 10.5. The number of aryl methyl sites for hydroxylation is 2. The Kier molecular flexibility index (Phi) is 4.05. The second-order valence-electron chi connectivity index (χ2n) is 4.75. The molecule has 1 N–H and O–H groups in total. The molecule has 0 radical (unpaired) electrons. The summed E-state index contributed by atoms with van der Waals surface area (Å²) in [6.45, 7) is 6.70. The molecular formula is C16H20N2O. The summed E-state index contributed by atoms with van der Waals surface area (Å²) in [5, 5.41) is 0. The molecule has 2 aromatic rings. The predicted molar refractivity (Wildman–Crippen MR) is 78.4 cm³/mol. The van der Waals surface area contributed by atoms with Crippen molar-refractivity contribution in [2.24, 2.45) is 0 Å². The predicted octanol–water partition coefficient (Wildman–Crippen LogP) is 3.23. The van der Waals surface area contributed by atoms with Crippen LogP contribution in [0.5, 0.6) is 0 Å². The third kappa shape index (κ3) is 3.05. The van der Waals surface area contributed by atoms with Gasteiger partial charge in [0, 0.05) is 23.6 Å². The lowest BCUT2D eigenvalue weighted by molar-refractivity contribution is -0.117. The molecule has 1 aromatic carbocycles. The zero-order valence-corrected chi connectivity index (χ0v) is 11.7. The first-order valence-electron chi connectivity index (χ1n) is 6.62. The lowest BCUT2D eigenvalue weighted by Crippen LogP contribution is -2.32. The third-order valence-corrected chi connectivity index (χ3v) is 3.28. The molecule has 0 bridgehead atoms. The summed E-state index contributed by atoms with van der Waals surface area (Å²) in [5.74, 6) is 0.135. The highest BCUT2D eigenvalue weighted by Crippen LogP contribution is 2.16. The molecule has 3 nitrogen and oxygen atoms in total. The molecule has 1 amide bonds. The number of aromatic amines is 1. The average molecular weight is 256 g/mol. The number of anilines is 1. The van der Waals surface area contributed by atoms with E-state index in [4.69, 9.17) is 0 Å². The van der Waals surface area contributed by atoms with Crippen molar-refractivity contribution < 1.29 is 4.79 Å². The van der Waals surface area contributed by atoms with Gasteiger partial charge >= 0.3 is 0 Å². The molecule has 3 heteroatoms. The van der Waals surface area contributed by atoms with Gasteiger partial charge in [-0.3, -0.25) is 4.79 Å². The van der Waals surface area contributed by atoms with Gasteiger partial charge in [-0.1, -0.05) is 18.2 Å². The van der Waals surface area contributed by atoms with Gasteiger partial charge < -0.3 is 9.88 Å². The number of likely N-dealkylation sites (N-methyl/N-ethyl adjacent to an activating group) is 1. The summed E-state index contributed by atoms with van der Waals surface area (Å²) in [4.78, 5) is 17.5. The Balaban J connectivity index is 2.16. The highest BCUT2D eigenvalue weighted by Gasteiger charge is 2.15. The van der Waals surface area contributed by atoms with Crippen LogP contribution in [-0.4, -0.2) is 17.4 Å². The highest BCUT2D eigenvalue weighted by atomic mass is 16.2. The van der Waals surface area contributed by atoms with E-state index in [2.05, 4.69) is 4.98 Å². The zero-order valence-electron chi connectivity index (χ0n) is 11.7. The van der Waals surface area contributed by atoms with Gasteiger partial charge in [0.1, 0.15) is 0 Å². The van der Waals surface area contributed by atoms with Gasteiger partial charge in [-0.2, -0.15) is 0 Å². The zero-order chi connectivity index (χ0) is 13.8. The van der Waals surface area contributed by atoms with Crippen LogP contribution in [0.4, 0.5) is 5.69 Å². The van der Waals surface area contributed by atoms with Gasteiger partial charge in [0.05, 0.1) is 6.42 Å². The molecule has 0 aliphatic rings. The summed E-state index contributed by atoms with van der Waals surface area (Å²) in [6, 6.07) is 11.9. The number of amides is 1. The molecule has 0 aliphatic carbocycles. The van der Waals surface area contributed by atoms with Crippen LogP contribution in [0.2, 0.25) is 0 Å². The number of carbonyl (C=O) groups excluding carboxylic acids is 1. The smallest absolute Gasteiger partial charge is 0.231 e. The van der Waals surface area contributed by atoms with Crippen molar-refractivity contribution in [2.45, 2.75) is 27.2 Å². The maximum Gasteiger partial charge on any atom is 0.231 e. The van der Waals surface area contributed by atoms with E-state index < -0.39 is 0 Å². The maximum atomic E-state index is 12.4. The molecule has 19 heavy (non-hydrogen) atoms. The Morgan fingerprint density at radius 2 is 1.89 bits per heavy atom. The van der Waals surface area contributed by atoms with Crippen LogP contribution < -0.4 is 4.90 Å². The van der Waals surface area contributed by atoms with Crippen molar-refractivity contribution in [1.29, 1.82) is 0 Å². The summed E-state index contributed by atoms with van der Waals surface area (Å²) >= 11 is 0. The topological polar surface area (TPSA) is 36.1 Å². The third-order valence-electron chi connectivity index (χ3n) is 3.28. The van der Waals surface area contributed by atoms with Crippen molar-refractivity contribution in [2.75, 3.05) is 11.4 Å². The molecule has 0 spiro atoms. The quantitative estimate of drug-likeness (QED) is 0.895. The molecule has 0 saturated carbocycles. The first-order valence-corrected chi connectivity index (χ1v) is 6.62. The number of aromatic nitrogens is 1. The molecule has 2 rings (SSSR count). The molecule has 0 aliphatic heterocycles. The fraction of sp³-hybridized carbons (Fsp3) is 0.312. The minimum absolute atomic E-state index is 0.135. The van der Waals surface area contributed by atoms with Crippen molar-refractivity contribution in [3.63, 3.8) is 0 Å². The summed E-state index contributed by atoms with van der Waals surface area (Å²) in [6.07, 6.45) is 0.443. The Labute approximate surface area is 114 Å². The standard InChI is InChI=1S/C16H20N2O/c1-4-18(15-8-6-5-7-9-15)16(19)11-14-10-12(2)17-13(14)3/h5-10,17H,4,11H2,1-3H3. The molecule has 0 fully saturated rings. The lowest BCUT2D eigenvalue weighted by Gasteiger charge is -2.21. The minimum Gasteiger partial charge on any atom is -0.362 e. The molecule has 0 saturated heterocycles. The van der Waals surface area contributed by atoms with Crippen LogP contribution in [-0.2, 0) is 11.2 Å². The van der Waals surface area contributed by atoms with Crippen LogP contribution in [0.3, 0.4) is 0 Å². The van der Waals surface area contributed by atoms with E-state index in [1.165, 1.54) is 0 Å². The van der Waals surface area contributed by atoms with E-state index in [-0.39, 0.29) is 5.91 Å². The monoisotopic (exact) mass is 256 g/mol. The Hall–Kier alpha value is -2.03. The fourth-order valence-corrected chi connectivity index (χ4v) is 2.33. The van der Waals surface area contributed by atoms with Gasteiger partial charge in [-0.25, -0.2) is 0 Å². The van der Waals surface area contributed by atoms with Crippen LogP contribution >= 0.6 is 0 Å². The largest absolute Gasteiger partial charge is 0.362 e. The van der Waals surface area contributed by atoms with E-state index in [0.717, 1.165) is 22.6 Å². The number of carbonyl (C=O) groups is 1. The molecular weight excluding hydrogens is 236 g/mol. The van der Waals surface area contributed by atoms with Gasteiger partial charge in [-0.15, -0.1) is 0 Å². The van der Waals surface area contributed by atoms with Gasteiger partial charge in [0.25, 0.3) is 0 Å². The van der Waals surface area contributed by atoms with Crippen molar-refractivity contribution in [3.05, 3.63) is 53.3 Å². The Morgan fingerprint density at radius 3 is 2.42 bits per heavy atom. The number of H-pyrrole nitrogens is 1. The van der Waals surface area contributed by atoms with Crippen molar-refractivity contribution in [1.82, 2.24) is 4.98 Å². The number of hydrogen-bond donors (Lipinski definition) is 1. The molecule has 1 aromatic heterocycles. The van der Waals surface area contributed by atoms with Crippen LogP contribution in [0, 0.1) is 13.8 Å².